The summed E-state index contributed by atoms with van der Waals surface area (Å²) in [6, 6.07) is 1.02. The molecule has 110 valence electrons. The fourth-order valence-corrected chi connectivity index (χ4v) is 2.49. The summed E-state index contributed by atoms with van der Waals surface area (Å²) in [6.45, 7) is 0. The Morgan fingerprint density at radius 1 is 1.35 bits per heavy atom. The van der Waals surface area contributed by atoms with E-state index in [0.717, 1.165) is 18.9 Å². The first-order chi connectivity index (χ1) is 9.49. The number of carbonyl (C=O) groups is 1. The van der Waals surface area contributed by atoms with E-state index in [1.54, 1.807) is 0 Å². The smallest absolute Gasteiger partial charge is 0.303 e. The third kappa shape index (κ3) is 2.69. The van der Waals surface area contributed by atoms with Gasteiger partial charge in [-0.25, -0.2) is 4.39 Å². The Labute approximate surface area is 115 Å². The molecular weight excluding hydrogens is 270 g/mol. The third-order valence-corrected chi connectivity index (χ3v) is 3.55. The van der Waals surface area contributed by atoms with Gasteiger partial charge in [-0.1, -0.05) is 0 Å². The number of aliphatic carboxylic acids is 1. The number of ether oxygens (including phenoxy) is 2. The van der Waals surface area contributed by atoms with E-state index in [1.165, 1.54) is 14.2 Å². The van der Waals surface area contributed by atoms with Gasteiger partial charge in [0, 0.05) is 11.5 Å². The summed E-state index contributed by atoms with van der Waals surface area (Å²) in [5.41, 5.74) is 0.355. The second-order valence-corrected chi connectivity index (χ2v) is 4.87. The van der Waals surface area contributed by atoms with Crippen LogP contribution in [-0.4, -0.2) is 25.3 Å². The van der Waals surface area contributed by atoms with Crippen LogP contribution in [0, 0.1) is 17.6 Å². The minimum atomic E-state index is -1.13. The second kappa shape index (κ2) is 5.64. The Morgan fingerprint density at radius 2 is 1.95 bits per heavy atom. The van der Waals surface area contributed by atoms with Crippen molar-refractivity contribution < 1.29 is 28.2 Å². The lowest BCUT2D eigenvalue weighted by Gasteiger charge is -2.20. The van der Waals surface area contributed by atoms with E-state index < -0.39 is 23.5 Å². The minimum absolute atomic E-state index is 0.0737. The van der Waals surface area contributed by atoms with Crippen LogP contribution in [0.15, 0.2) is 6.07 Å². The van der Waals surface area contributed by atoms with Crippen LogP contribution in [0.5, 0.6) is 11.5 Å². The number of halogens is 2. The van der Waals surface area contributed by atoms with Gasteiger partial charge >= 0.3 is 5.97 Å². The maximum absolute atomic E-state index is 13.7. The molecule has 1 aromatic rings. The van der Waals surface area contributed by atoms with Crippen LogP contribution < -0.4 is 9.47 Å². The molecule has 1 aromatic carbocycles. The molecule has 0 aromatic heterocycles. The molecule has 20 heavy (non-hydrogen) atoms. The van der Waals surface area contributed by atoms with Crippen LogP contribution in [0.3, 0.4) is 0 Å². The highest BCUT2D eigenvalue weighted by Gasteiger charge is 2.37. The van der Waals surface area contributed by atoms with Crippen molar-refractivity contribution in [1.29, 1.82) is 0 Å². The van der Waals surface area contributed by atoms with Gasteiger partial charge in [-0.2, -0.15) is 4.39 Å². The van der Waals surface area contributed by atoms with E-state index in [4.69, 9.17) is 14.6 Å². The van der Waals surface area contributed by atoms with E-state index in [-0.39, 0.29) is 23.8 Å². The maximum Gasteiger partial charge on any atom is 0.303 e. The Balaban J connectivity index is 2.52. The van der Waals surface area contributed by atoms with Gasteiger partial charge in [0.2, 0.25) is 5.82 Å². The normalized spacial score (nSPS) is 15.8. The number of methoxy groups -OCH3 is 2. The number of hydrogen-bond donors (Lipinski definition) is 1. The second-order valence-electron chi connectivity index (χ2n) is 4.87. The SMILES string of the molecule is COc1c(C(CC(=O)O)C2CC2)cc(F)c(F)c1OC. The van der Waals surface area contributed by atoms with Crippen LogP contribution in [-0.2, 0) is 4.79 Å². The van der Waals surface area contributed by atoms with E-state index in [0.29, 0.717) is 5.56 Å². The Bertz CT molecular complexity index is 526. The molecule has 6 heteroatoms. The highest BCUT2D eigenvalue weighted by molar-refractivity contribution is 5.69. The molecule has 1 aliphatic carbocycles. The lowest BCUT2D eigenvalue weighted by atomic mass is 9.89. The van der Waals surface area contributed by atoms with Gasteiger partial charge in [0.25, 0.3) is 0 Å². The number of carboxylic acid groups (broad SMARTS) is 1. The van der Waals surface area contributed by atoms with Crippen molar-refractivity contribution >= 4 is 5.97 Å². The first-order valence-electron chi connectivity index (χ1n) is 6.31. The highest BCUT2D eigenvalue weighted by Crippen LogP contribution is 2.49. The number of rotatable bonds is 6. The Morgan fingerprint density at radius 3 is 2.40 bits per heavy atom. The molecule has 4 nitrogen and oxygen atoms in total. The summed E-state index contributed by atoms with van der Waals surface area (Å²) in [6.07, 6.45) is 1.61. The van der Waals surface area contributed by atoms with E-state index in [9.17, 15) is 13.6 Å². The predicted octanol–water partition coefficient (Wildman–Crippen LogP) is 2.95. The molecule has 1 atom stereocenters. The van der Waals surface area contributed by atoms with E-state index >= 15 is 0 Å². The molecule has 0 amide bonds. The van der Waals surface area contributed by atoms with E-state index in [1.807, 2.05) is 0 Å². The monoisotopic (exact) mass is 286 g/mol. The van der Waals surface area contributed by atoms with Crippen LogP contribution in [0.4, 0.5) is 8.78 Å². The van der Waals surface area contributed by atoms with Crippen molar-refractivity contribution in [2.75, 3.05) is 14.2 Å². The summed E-state index contributed by atoms with van der Waals surface area (Å²) in [7, 11) is 2.54. The summed E-state index contributed by atoms with van der Waals surface area (Å²) in [5.74, 6) is -3.65. The molecule has 0 spiro atoms. The summed E-state index contributed by atoms with van der Waals surface area (Å²) >= 11 is 0. The molecule has 0 radical (unpaired) electrons. The maximum atomic E-state index is 13.7. The molecule has 0 saturated heterocycles. The minimum Gasteiger partial charge on any atom is -0.492 e. The number of carboxylic acids is 1. The van der Waals surface area contributed by atoms with Gasteiger partial charge in [-0.3, -0.25) is 4.79 Å². The van der Waals surface area contributed by atoms with Gasteiger partial charge in [-0.05, 0) is 24.8 Å². The molecule has 2 rings (SSSR count). The van der Waals surface area contributed by atoms with Crippen molar-refractivity contribution in [3.8, 4) is 11.5 Å². The van der Waals surface area contributed by atoms with Crippen LogP contribution in [0.2, 0.25) is 0 Å². The molecule has 1 aliphatic rings. The zero-order chi connectivity index (χ0) is 14.9. The van der Waals surface area contributed by atoms with Gasteiger partial charge in [0.05, 0.1) is 20.6 Å². The van der Waals surface area contributed by atoms with Crippen LogP contribution in [0.1, 0.15) is 30.7 Å². The fourth-order valence-electron chi connectivity index (χ4n) is 2.49. The summed E-state index contributed by atoms with van der Waals surface area (Å²) in [4.78, 5) is 11.0. The van der Waals surface area contributed by atoms with Gasteiger partial charge in [0.1, 0.15) is 0 Å². The molecule has 1 fully saturated rings. The van der Waals surface area contributed by atoms with Crippen molar-refractivity contribution in [1.82, 2.24) is 0 Å². The lowest BCUT2D eigenvalue weighted by molar-refractivity contribution is -0.137. The molecule has 0 aliphatic heterocycles. The molecule has 1 N–H and O–H groups in total. The Hall–Kier alpha value is -1.85. The molecule has 1 saturated carbocycles. The fraction of sp³-hybridized carbons (Fsp3) is 0.500. The summed E-state index contributed by atoms with van der Waals surface area (Å²) in [5, 5.41) is 9.00. The largest absolute Gasteiger partial charge is 0.492 e. The average Bonchev–Trinajstić information content (AvgIpc) is 3.22. The van der Waals surface area contributed by atoms with Crippen LogP contribution >= 0.6 is 0 Å². The van der Waals surface area contributed by atoms with Gasteiger partial charge < -0.3 is 14.6 Å². The zero-order valence-corrected chi connectivity index (χ0v) is 11.3. The first-order valence-corrected chi connectivity index (χ1v) is 6.31. The van der Waals surface area contributed by atoms with Crippen molar-refractivity contribution in [2.45, 2.75) is 25.2 Å². The third-order valence-electron chi connectivity index (χ3n) is 3.55. The lowest BCUT2D eigenvalue weighted by Crippen LogP contribution is -2.11. The van der Waals surface area contributed by atoms with Crippen molar-refractivity contribution in [2.24, 2.45) is 5.92 Å². The highest BCUT2D eigenvalue weighted by atomic mass is 19.2. The van der Waals surface area contributed by atoms with Crippen molar-refractivity contribution in [3.63, 3.8) is 0 Å². The first kappa shape index (κ1) is 14.6. The Kier molecular flexibility index (Phi) is 4.11. The van der Waals surface area contributed by atoms with E-state index in [2.05, 4.69) is 0 Å². The van der Waals surface area contributed by atoms with Crippen molar-refractivity contribution in [3.05, 3.63) is 23.3 Å². The molecule has 0 bridgehead atoms. The molecule has 0 heterocycles. The van der Waals surface area contributed by atoms with Gasteiger partial charge in [0.15, 0.2) is 17.3 Å². The van der Waals surface area contributed by atoms with Crippen LogP contribution in [0.25, 0.3) is 0 Å². The zero-order valence-electron chi connectivity index (χ0n) is 11.3. The standard InChI is InChI=1S/C14H16F2O4/c1-19-13-9(5-10(15)12(16)14(13)20-2)8(6-11(17)18)7-3-4-7/h5,7-8H,3-4,6H2,1-2H3,(H,17,18). The predicted molar refractivity (Wildman–Crippen MR) is 67.2 cm³/mol. The summed E-state index contributed by atoms with van der Waals surface area (Å²) < 4.78 is 37.3. The topological polar surface area (TPSA) is 55.8 Å². The molecular formula is C14H16F2O4. The quantitative estimate of drug-likeness (QED) is 0.873. The molecule has 1 unspecified atom stereocenters. The number of benzene rings is 1. The average molecular weight is 286 g/mol. The van der Waals surface area contributed by atoms with Gasteiger partial charge in [-0.15, -0.1) is 0 Å². The number of hydrogen-bond acceptors (Lipinski definition) is 3.